The van der Waals surface area contributed by atoms with Crippen LogP contribution in [0, 0.1) is 6.92 Å². The quantitative estimate of drug-likeness (QED) is 0.500. The molecule has 0 unspecified atom stereocenters. The van der Waals surface area contributed by atoms with Crippen molar-refractivity contribution in [2.45, 2.75) is 33.4 Å². The molecule has 0 bridgehead atoms. The average molecular weight is 417 g/mol. The van der Waals surface area contributed by atoms with E-state index in [0.717, 1.165) is 49.5 Å². The van der Waals surface area contributed by atoms with Gasteiger partial charge in [0.05, 0.1) is 18.4 Å². The third-order valence-corrected chi connectivity index (χ3v) is 6.28. The van der Waals surface area contributed by atoms with Crippen molar-refractivity contribution in [3.05, 3.63) is 54.4 Å². The lowest BCUT2D eigenvalue weighted by atomic mass is 10.1. The first-order chi connectivity index (χ1) is 15.1. The predicted molar refractivity (Wildman–Crippen MR) is 123 cm³/mol. The molecule has 5 rings (SSSR count). The predicted octanol–water partition coefficient (Wildman–Crippen LogP) is 3.45. The first kappa shape index (κ1) is 19.6. The molecule has 7 heteroatoms. The van der Waals surface area contributed by atoms with Crippen LogP contribution >= 0.6 is 0 Å². The van der Waals surface area contributed by atoms with Gasteiger partial charge in [-0.15, -0.1) is 0 Å². The van der Waals surface area contributed by atoms with E-state index in [1.807, 2.05) is 27.4 Å². The van der Waals surface area contributed by atoms with Crippen molar-refractivity contribution >= 4 is 33.4 Å². The van der Waals surface area contributed by atoms with Crippen LogP contribution in [0.4, 0.5) is 5.69 Å². The highest BCUT2D eigenvalue weighted by atomic mass is 16.2. The highest BCUT2D eigenvalue weighted by Gasteiger charge is 2.22. The Hall–Kier alpha value is -3.35. The molecule has 160 valence electrons. The molecule has 0 atom stereocenters. The molecule has 1 aliphatic rings. The normalized spacial score (nSPS) is 14.6. The van der Waals surface area contributed by atoms with Crippen molar-refractivity contribution in [3.63, 3.8) is 0 Å². The number of hydrogen-bond acceptors (Lipinski definition) is 4. The zero-order valence-corrected chi connectivity index (χ0v) is 18.2. The molecule has 1 aliphatic heterocycles. The van der Waals surface area contributed by atoms with E-state index in [9.17, 15) is 4.79 Å². The Kier molecular flexibility index (Phi) is 5.10. The summed E-state index contributed by atoms with van der Waals surface area (Å²) < 4.78 is 3.88. The van der Waals surface area contributed by atoms with Gasteiger partial charge in [0.1, 0.15) is 11.0 Å². The standard InChI is InChI=1S/C24H28N6O/c1-3-29-22-17-25-30(24(22)18(2)26-29)11-10-23(31)28-14-12-27(13-15-28)21-9-8-19-6-4-5-7-20(19)16-21/h4-9,16-17H,3,10-15H2,1-2H3. The maximum absolute atomic E-state index is 12.8. The largest absolute Gasteiger partial charge is 0.368 e. The van der Waals surface area contributed by atoms with E-state index < -0.39 is 0 Å². The summed E-state index contributed by atoms with van der Waals surface area (Å²) in [5.74, 6) is 0.197. The van der Waals surface area contributed by atoms with Gasteiger partial charge in [-0.05, 0) is 36.8 Å². The van der Waals surface area contributed by atoms with Crippen molar-refractivity contribution in [3.8, 4) is 0 Å². The number of nitrogens with zero attached hydrogens (tertiary/aromatic N) is 6. The van der Waals surface area contributed by atoms with E-state index in [2.05, 4.69) is 64.5 Å². The second kappa shape index (κ2) is 8.06. The summed E-state index contributed by atoms with van der Waals surface area (Å²) in [6, 6.07) is 15.0. The van der Waals surface area contributed by atoms with Gasteiger partial charge in [-0.1, -0.05) is 30.3 Å². The molecular formula is C24H28N6O. The summed E-state index contributed by atoms with van der Waals surface area (Å²) in [6.07, 6.45) is 2.31. The molecule has 4 aromatic rings. The molecule has 1 saturated heterocycles. The number of benzene rings is 2. The Balaban J connectivity index is 1.20. The lowest BCUT2D eigenvalue weighted by molar-refractivity contribution is -0.131. The Morgan fingerprint density at radius 1 is 1.00 bits per heavy atom. The lowest BCUT2D eigenvalue weighted by Crippen LogP contribution is -2.49. The maximum Gasteiger partial charge on any atom is 0.224 e. The fourth-order valence-electron chi connectivity index (χ4n) is 4.58. The molecule has 0 aliphatic carbocycles. The molecule has 2 aromatic heterocycles. The van der Waals surface area contributed by atoms with Crippen molar-refractivity contribution < 1.29 is 4.79 Å². The van der Waals surface area contributed by atoms with Crippen molar-refractivity contribution in [1.29, 1.82) is 0 Å². The number of aromatic nitrogens is 4. The molecule has 31 heavy (non-hydrogen) atoms. The Morgan fingerprint density at radius 2 is 1.77 bits per heavy atom. The highest BCUT2D eigenvalue weighted by molar-refractivity contribution is 5.86. The maximum atomic E-state index is 12.8. The molecule has 3 heterocycles. The Bertz CT molecular complexity index is 1230. The number of rotatable bonds is 5. The van der Waals surface area contributed by atoms with E-state index in [4.69, 9.17) is 0 Å². The molecule has 7 nitrogen and oxygen atoms in total. The van der Waals surface area contributed by atoms with Gasteiger partial charge in [0.15, 0.2) is 0 Å². The summed E-state index contributed by atoms with van der Waals surface area (Å²) in [5, 5.41) is 11.6. The van der Waals surface area contributed by atoms with Gasteiger partial charge in [-0.3, -0.25) is 14.2 Å². The van der Waals surface area contributed by atoms with Gasteiger partial charge < -0.3 is 9.80 Å². The minimum absolute atomic E-state index is 0.197. The summed E-state index contributed by atoms with van der Waals surface area (Å²) in [4.78, 5) is 17.2. The minimum Gasteiger partial charge on any atom is -0.368 e. The number of fused-ring (bicyclic) bond motifs is 2. The average Bonchev–Trinajstić information content (AvgIpc) is 3.38. The third-order valence-electron chi connectivity index (χ3n) is 6.28. The van der Waals surface area contributed by atoms with Gasteiger partial charge in [0, 0.05) is 44.8 Å². The summed E-state index contributed by atoms with van der Waals surface area (Å²) in [5.41, 5.74) is 4.27. The van der Waals surface area contributed by atoms with Gasteiger partial charge >= 0.3 is 0 Å². The lowest BCUT2D eigenvalue weighted by Gasteiger charge is -2.36. The SMILES string of the molecule is CCn1nc(C)c2c1cnn2CCC(=O)N1CCN(c2ccc3ccccc3c2)CC1. The fourth-order valence-corrected chi connectivity index (χ4v) is 4.58. The van der Waals surface area contributed by atoms with Crippen LogP contribution in [0.2, 0.25) is 0 Å². The molecule has 1 amide bonds. The van der Waals surface area contributed by atoms with Crippen LogP contribution in [-0.4, -0.2) is 56.5 Å². The Morgan fingerprint density at radius 3 is 2.55 bits per heavy atom. The fraction of sp³-hybridized carbons (Fsp3) is 0.375. The van der Waals surface area contributed by atoms with Crippen LogP contribution in [-0.2, 0) is 17.9 Å². The topological polar surface area (TPSA) is 59.2 Å². The monoisotopic (exact) mass is 416 g/mol. The third kappa shape index (κ3) is 3.65. The zero-order valence-electron chi connectivity index (χ0n) is 18.2. The van der Waals surface area contributed by atoms with Gasteiger partial charge in [-0.25, -0.2) is 0 Å². The van der Waals surface area contributed by atoms with Crippen LogP contribution in [0.3, 0.4) is 0 Å². The van der Waals surface area contributed by atoms with Gasteiger partial charge in [-0.2, -0.15) is 10.2 Å². The molecule has 2 aromatic carbocycles. The first-order valence-electron chi connectivity index (χ1n) is 11.0. The van der Waals surface area contributed by atoms with Gasteiger partial charge in [0.25, 0.3) is 0 Å². The molecule has 0 radical (unpaired) electrons. The van der Waals surface area contributed by atoms with Crippen LogP contribution in [0.25, 0.3) is 21.8 Å². The van der Waals surface area contributed by atoms with Crippen LogP contribution in [0.5, 0.6) is 0 Å². The van der Waals surface area contributed by atoms with Crippen LogP contribution in [0.15, 0.2) is 48.7 Å². The number of carbonyl (C=O) groups excluding carboxylic acids is 1. The molecule has 0 spiro atoms. The highest BCUT2D eigenvalue weighted by Crippen LogP contribution is 2.23. The van der Waals surface area contributed by atoms with E-state index >= 15 is 0 Å². The summed E-state index contributed by atoms with van der Waals surface area (Å²) in [7, 11) is 0. The van der Waals surface area contributed by atoms with Crippen LogP contribution in [0.1, 0.15) is 19.0 Å². The van der Waals surface area contributed by atoms with E-state index in [-0.39, 0.29) is 5.91 Å². The second-order valence-electron chi connectivity index (χ2n) is 8.15. The first-order valence-corrected chi connectivity index (χ1v) is 11.0. The Labute approximate surface area is 181 Å². The van der Waals surface area contributed by atoms with Crippen LogP contribution < -0.4 is 4.90 Å². The van der Waals surface area contributed by atoms with E-state index in [1.165, 1.54) is 16.5 Å². The van der Waals surface area contributed by atoms with E-state index in [0.29, 0.717) is 13.0 Å². The van der Waals surface area contributed by atoms with Crippen molar-refractivity contribution in [2.75, 3.05) is 31.1 Å². The molecule has 0 saturated carbocycles. The summed E-state index contributed by atoms with van der Waals surface area (Å²) >= 11 is 0. The van der Waals surface area contributed by atoms with Gasteiger partial charge in [0.2, 0.25) is 5.91 Å². The summed E-state index contributed by atoms with van der Waals surface area (Å²) in [6.45, 7) is 8.71. The number of anilines is 1. The number of aryl methyl sites for hydroxylation is 3. The van der Waals surface area contributed by atoms with Crippen molar-refractivity contribution in [2.24, 2.45) is 0 Å². The number of piperazine rings is 1. The number of amides is 1. The second-order valence-corrected chi connectivity index (χ2v) is 8.15. The molecular weight excluding hydrogens is 388 g/mol. The smallest absolute Gasteiger partial charge is 0.224 e. The van der Waals surface area contributed by atoms with E-state index in [1.54, 1.807) is 0 Å². The zero-order chi connectivity index (χ0) is 21.4. The number of carbonyl (C=O) groups is 1. The minimum atomic E-state index is 0.197. The number of hydrogen-bond donors (Lipinski definition) is 0. The molecule has 1 fully saturated rings. The molecule has 0 N–H and O–H groups in total. The van der Waals surface area contributed by atoms with Crippen molar-refractivity contribution in [1.82, 2.24) is 24.5 Å².